The minimum Gasteiger partial charge on any atom is -0.618 e. The first-order chi connectivity index (χ1) is 13.6. The number of para-hydroxylation sites is 1. The molecule has 1 aromatic carbocycles. The van der Waals surface area contributed by atoms with Gasteiger partial charge in [0.2, 0.25) is 11.5 Å². The summed E-state index contributed by atoms with van der Waals surface area (Å²) in [7, 11) is 1.65. The average molecular weight is 383 g/mol. The highest BCUT2D eigenvalue weighted by Gasteiger charge is 2.41. The van der Waals surface area contributed by atoms with Gasteiger partial charge in [0.05, 0.1) is 0 Å². The molecule has 144 valence electrons. The van der Waals surface area contributed by atoms with E-state index in [1.165, 1.54) is 12.4 Å². The number of hydrogen-bond donors (Lipinski definition) is 0. The van der Waals surface area contributed by atoms with Crippen LogP contribution in [-0.2, 0) is 10.3 Å². The highest BCUT2D eigenvalue weighted by Crippen LogP contribution is 2.41. The Hall–Kier alpha value is -3.07. The summed E-state index contributed by atoms with van der Waals surface area (Å²) in [6.45, 7) is 1.62. The van der Waals surface area contributed by atoms with Crippen LogP contribution >= 0.6 is 0 Å². The number of rotatable bonds is 3. The predicted molar refractivity (Wildman–Crippen MR) is 96.8 cm³/mol. The number of aromatic nitrogens is 5. The lowest BCUT2D eigenvalue weighted by molar-refractivity contribution is -0.584. The minimum atomic E-state index is -0.585. The van der Waals surface area contributed by atoms with Gasteiger partial charge < -0.3 is 14.5 Å². The molecular formula is C19H18FN5O3. The second kappa shape index (κ2) is 5.96. The molecule has 0 amide bonds. The summed E-state index contributed by atoms with van der Waals surface area (Å²) in [5, 5.41) is 16.8. The fourth-order valence-corrected chi connectivity index (χ4v) is 4.16. The molecule has 1 saturated carbocycles. The standard InChI is InChI=1S/C19H18FN5O3/c1-11-15-14(17-22-18(28-23-17)19(27-2)8-3-4-9-19)21-10-24(15)13-7-5-6-12(20)16(13)25(11)26/h5-7,10H,3-4,8-9H2,1-2H3. The van der Waals surface area contributed by atoms with Crippen molar-refractivity contribution >= 4 is 16.6 Å². The first kappa shape index (κ1) is 17.1. The van der Waals surface area contributed by atoms with E-state index >= 15 is 0 Å². The number of hydrogen-bond acceptors (Lipinski definition) is 6. The highest BCUT2D eigenvalue weighted by atomic mass is 19.1. The molecule has 1 aliphatic rings. The van der Waals surface area contributed by atoms with Crippen molar-refractivity contribution < 1.29 is 18.4 Å². The molecule has 9 heteroatoms. The van der Waals surface area contributed by atoms with Crippen LogP contribution in [0.3, 0.4) is 0 Å². The molecule has 5 rings (SSSR count). The van der Waals surface area contributed by atoms with Crippen molar-refractivity contribution in [3.63, 3.8) is 0 Å². The van der Waals surface area contributed by atoms with Crippen LogP contribution in [-0.4, -0.2) is 26.6 Å². The van der Waals surface area contributed by atoms with Crippen LogP contribution in [0.5, 0.6) is 0 Å². The number of fused-ring (bicyclic) bond motifs is 3. The third-order valence-corrected chi connectivity index (χ3v) is 5.67. The second-order valence-corrected chi connectivity index (χ2v) is 7.13. The molecule has 28 heavy (non-hydrogen) atoms. The first-order valence-corrected chi connectivity index (χ1v) is 9.13. The summed E-state index contributed by atoms with van der Waals surface area (Å²) >= 11 is 0. The van der Waals surface area contributed by atoms with Gasteiger partial charge in [-0.15, -0.1) is 0 Å². The Labute approximate surface area is 159 Å². The molecule has 4 aromatic rings. The van der Waals surface area contributed by atoms with E-state index in [1.807, 2.05) is 0 Å². The first-order valence-electron chi connectivity index (χ1n) is 9.13. The second-order valence-electron chi connectivity index (χ2n) is 7.13. The zero-order valence-corrected chi connectivity index (χ0v) is 15.5. The predicted octanol–water partition coefficient (Wildman–Crippen LogP) is 3.03. The quantitative estimate of drug-likeness (QED) is 0.399. The fraction of sp³-hybridized carbons (Fsp3) is 0.368. The van der Waals surface area contributed by atoms with Gasteiger partial charge in [0, 0.05) is 14.0 Å². The third kappa shape index (κ3) is 2.19. The van der Waals surface area contributed by atoms with Gasteiger partial charge in [0.25, 0.3) is 11.4 Å². The lowest BCUT2D eigenvalue weighted by Gasteiger charge is -2.21. The molecule has 1 fully saturated rings. The molecule has 0 N–H and O–H groups in total. The van der Waals surface area contributed by atoms with Crippen molar-refractivity contribution in [3.05, 3.63) is 47.1 Å². The van der Waals surface area contributed by atoms with E-state index in [9.17, 15) is 9.60 Å². The summed E-state index contributed by atoms with van der Waals surface area (Å²) in [4.78, 5) is 8.93. The van der Waals surface area contributed by atoms with Crippen molar-refractivity contribution in [2.24, 2.45) is 0 Å². The Morgan fingerprint density at radius 3 is 2.86 bits per heavy atom. The van der Waals surface area contributed by atoms with Gasteiger partial charge in [-0.2, -0.15) is 14.1 Å². The summed E-state index contributed by atoms with van der Waals surface area (Å²) in [6, 6.07) is 4.49. The maximum absolute atomic E-state index is 14.2. The molecule has 0 atom stereocenters. The van der Waals surface area contributed by atoms with Crippen molar-refractivity contribution in [2.45, 2.75) is 38.2 Å². The van der Waals surface area contributed by atoms with E-state index in [0.717, 1.165) is 25.7 Å². The number of halogens is 1. The van der Waals surface area contributed by atoms with Crippen LogP contribution in [0, 0.1) is 17.9 Å². The minimum absolute atomic E-state index is 0.0328. The van der Waals surface area contributed by atoms with Crippen LogP contribution in [0.2, 0.25) is 0 Å². The van der Waals surface area contributed by atoms with Gasteiger partial charge >= 0.3 is 0 Å². The Morgan fingerprint density at radius 1 is 1.32 bits per heavy atom. The zero-order chi connectivity index (χ0) is 19.5. The average Bonchev–Trinajstić information content (AvgIpc) is 3.44. The van der Waals surface area contributed by atoms with Gasteiger partial charge in [-0.3, -0.25) is 4.40 Å². The van der Waals surface area contributed by atoms with E-state index in [2.05, 4.69) is 15.1 Å². The number of nitrogens with zero attached hydrogens (tertiary/aromatic N) is 5. The van der Waals surface area contributed by atoms with E-state index in [1.54, 1.807) is 30.6 Å². The number of imidazole rings is 1. The lowest BCUT2D eigenvalue weighted by atomic mass is 10.0. The summed E-state index contributed by atoms with van der Waals surface area (Å²) in [5.74, 6) is 0.112. The van der Waals surface area contributed by atoms with Crippen LogP contribution in [0.15, 0.2) is 29.0 Å². The number of methoxy groups -OCH3 is 1. The van der Waals surface area contributed by atoms with E-state index in [-0.39, 0.29) is 11.3 Å². The maximum Gasteiger partial charge on any atom is 0.277 e. The molecule has 8 nitrogen and oxygen atoms in total. The van der Waals surface area contributed by atoms with Crippen LogP contribution in [0.1, 0.15) is 37.3 Å². The summed E-state index contributed by atoms with van der Waals surface area (Å²) in [5.41, 5.74) is 1.05. The molecule has 3 aromatic heterocycles. The summed E-state index contributed by atoms with van der Waals surface area (Å²) < 4.78 is 27.7. The normalized spacial score (nSPS) is 16.4. The molecule has 0 bridgehead atoms. The lowest BCUT2D eigenvalue weighted by Crippen LogP contribution is -2.33. The Kier molecular flexibility index (Phi) is 3.63. The Morgan fingerprint density at radius 2 is 2.11 bits per heavy atom. The molecule has 0 spiro atoms. The molecule has 1 aliphatic carbocycles. The molecule has 0 saturated heterocycles. The van der Waals surface area contributed by atoms with Crippen LogP contribution < -0.4 is 4.73 Å². The number of aryl methyl sites for hydroxylation is 1. The topological polar surface area (TPSA) is 92.4 Å². The monoisotopic (exact) mass is 383 g/mol. The number of ether oxygens (including phenoxy) is 1. The van der Waals surface area contributed by atoms with E-state index in [4.69, 9.17) is 9.26 Å². The Balaban J connectivity index is 1.72. The van der Waals surface area contributed by atoms with Gasteiger partial charge in [-0.05, 0) is 37.8 Å². The van der Waals surface area contributed by atoms with E-state index in [0.29, 0.717) is 33.0 Å². The van der Waals surface area contributed by atoms with Crippen LogP contribution in [0.25, 0.3) is 28.1 Å². The highest BCUT2D eigenvalue weighted by molar-refractivity contribution is 5.82. The van der Waals surface area contributed by atoms with Crippen molar-refractivity contribution in [1.29, 1.82) is 0 Å². The van der Waals surface area contributed by atoms with Gasteiger partial charge in [0.15, 0.2) is 5.82 Å². The fourth-order valence-electron chi connectivity index (χ4n) is 4.16. The van der Waals surface area contributed by atoms with Crippen LogP contribution in [0.4, 0.5) is 4.39 Å². The van der Waals surface area contributed by atoms with Crippen molar-refractivity contribution in [2.75, 3.05) is 7.11 Å². The molecule has 0 radical (unpaired) electrons. The third-order valence-electron chi connectivity index (χ3n) is 5.67. The number of benzene rings is 1. The molecule has 3 heterocycles. The maximum atomic E-state index is 14.2. The van der Waals surface area contributed by atoms with Gasteiger partial charge in [0.1, 0.15) is 28.7 Å². The Bertz CT molecular complexity index is 1210. The zero-order valence-electron chi connectivity index (χ0n) is 15.5. The van der Waals surface area contributed by atoms with Crippen molar-refractivity contribution in [1.82, 2.24) is 19.5 Å². The largest absolute Gasteiger partial charge is 0.618 e. The molecule has 0 unspecified atom stereocenters. The molecular weight excluding hydrogens is 365 g/mol. The van der Waals surface area contributed by atoms with Gasteiger partial charge in [-0.1, -0.05) is 11.2 Å². The van der Waals surface area contributed by atoms with Crippen molar-refractivity contribution in [3.8, 4) is 11.5 Å². The molecule has 0 aliphatic heterocycles. The smallest absolute Gasteiger partial charge is 0.277 e. The SMILES string of the molecule is COC1(c2nc(-c3ncn4c3c(C)[n+]([O-])c3c(F)cccc34)no2)CCCC1. The van der Waals surface area contributed by atoms with E-state index < -0.39 is 11.4 Å². The van der Waals surface area contributed by atoms with Gasteiger partial charge in [-0.25, -0.2) is 4.98 Å². The summed E-state index contributed by atoms with van der Waals surface area (Å²) in [6.07, 6.45) is 5.24.